The molecule has 0 bridgehead atoms. The Bertz CT molecular complexity index is 580. The molecule has 1 fully saturated rings. The Morgan fingerprint density at radius 2 is 2.31 bits per heavy atom. The largest absolute Gasteiger partial charge is 0.497 e. The molecule has 1 aromatic heterocycles. The fourth-order valence-corrected chi connectivity index (χ4v) is 2.96. The molecule has 1 aromatic carbocycles. The Morgan fingerprint density at radius 1 is 1.50 bits per heavy atom. The first-order chi connectivity index (χ1) is 7.78. The Balaban J connectivity index is 2.09. The van der Waals surface area contributed by atoms with Gasteiger partial charge < -0.3 is 4.74 Å². The molecule has 0 amide bonds. The minimum atomic E-state index is 0.148. The lowest BCUT2D eigenvalue weighted by Gasteiger charge is -1.96. The Labute approximate surface area is 97.4 Å². The van der Waals surface area contributed by atoms with E-state index in [2.05, 4.69) is 0 Å². The molecule has 84 valence electrons. The summed E-state index contributed by atoms with van der Waals surface area (Å²) in [5.74, 6) is 1.54. The van der Waals surface area contributed by atoms with Gasteiger partial charge in [-0.25, -0.2) is 0 Å². The number of fused-ring (bicyclic) bond motifs is 1. The number of hydrogen-bond acceptors (Lipinski definition) is 3. The first kappa shape index (κ1) is 9.90. The van der Waals surface area contributed by atoms with Crippen molar-refractivity contribution >= 4 is 21.6 Å². The Hall–Kier alpha value is -1.29. The van der Waals surface area contributed by atoms with Crippen LogP contribution in [0, 0.1) is 5.92 Å². The van der Waals surface area contributed by atoms with E-state index >= 15 is 0 Å². The van der Waals surface area contributed by atoms with E-state index in [0.717, 1.165) is 28.3 Å². The van der Waals surface area contributed by atoms with Crippen LogP contribution in [0.3, 0.4) is 0 Å². The molecule has 1 aliphatic carbocycles. The second-order valence-electron chi connectivity index (χ2n) is 4.26. The summed E-state index contributed by atoms with van der Waals surface area (Å²) in [6, 6.07) is 5.64. The minimum absolute atomic E-state index is 0.148. The van der Waals surface area contributed by atoms with Gasteiger partial charge in [0.2, 0.25) is 0 Å². The average Bonchev–Trinajstić information content (AvgIpc) is 3.05. The molecule has 1 heterocycles. The summed E-state index contributed by atoms with van der Waals surface area (Å²) in [4.78, 5) is 12.0. The molecule has 0 radical (unpaired) electrons. The molecule has 3 rings (SSSR count). The number of rotatable bonds is 3. The van der Waals surface area contributed by atoms with E-state index in [1.807, 2.05) is 22.2 Å². The number of ether oxygens (including phenoxy) is 1. The van der Waals surface area contributed by atoms with Crippen molar-refractivity contribution in [1.29, 1.82) is 0 Å². The third kappa shape index (κ3) is 1.63. The quantitative estimate of drug-likeness (QED) is 0.818. The van der Waals surface area contributed by atoms with Crippen LogP contribution in [0.1, 0.15) is 12.8 Å². The predicted molar refractivity (Wildman–Crippen MR) is 65.4 cm³/mol. The van der Waals surface area contributed by atoms with E-state index in [1.54, 1.807) is 18.6 Å². The van der Waals surface area contributed by atoms with Gasteiger partial charge in [-0.2, -0.15) is 0 Å². The van der Waals surface area contributed by atoms with E-state index < -0.39 is 0 Å². The molecule has 16 heavy (non-hydrogen) atoms. The average molecular weight is 235 g/mol. The third-order valence-corrected chi connectivity index (χ3v) is 4.04. The molecule has 2 aromatic rings. The normalized spacial score (nSPS) is 15.6. The summed E-state index contributed by atoms with van der Waals surface area (Å²) < 4.78 is 8.06. The molecule has 0 N–H and O–H groups in total. The number of methoxy groups -OCH3 is 1. The zero-order chi connectivity index (χ0) is 11.1. The lowest BCUT2D eigenvalue weighted by atomic mass is 10.2. The zero-order valence-electron chi connectivity index (χ0n) is 9.10. The first-order valence-electron chi connectivity index (χ1n) is 5.46. The fraction of sp³-hybridized carbons (Fsp3) is 0.417. The lowest BCUT2D eigenvalue weighted by Crippen LogP contribution is -2.13. The highest BCUT2D eigenvalue weighted by molar-refractivity contribution is 7.13. The highest BCUT2D eigenvalue weighted by atomic mass is 32.1. The molecule has 1 saturated carbocycles. The molecule has 1 aliphatic rings. The molecule has 0 atom stereocenters. The van der Waals surface area contributed by atoms with Crippen LogP contribution >= 0.6 is 11.5 Å². The van der Waals surface area contributed by atoms with E-state index in [9.17, 15) is 4.79 Å². The second-order valence-corrected chi connectivity index (χ2v) is 5.33. The molecular weight excluding hydrogens is 222 g/mol. The summed E-state index contributed by atoms with van der Waals surface area (Å²) in [6.45, 7) is 0.889. The maximum Gasteiger partial charge on any atom is 0.268 e. The van der Waals surface area contributed by atoms with Crippen LogP contribution in [-0.4, -0.2) is 11.1 Å². The van der Waals surface area contributed by atoms with Crippen LogP contribution in [0.25, 0.3) is 10.1 Å². The maximum absolute atomic E-state index is 12.0. The van der Waals surface area contributed by atoms with Gasteiger partial charge in [0.05, 0.1) is 17.2 Å². The van der Waals surface area contributed by atoms with Gasteiger partial charge in [-0.1, -0.05) is 11.5 Å². The van der Waals surface area contributed by atoms with Crippen molar-refractivity contribution in [3.63, 3.8) is 0 Å². The summed E-state index contributed by atoms with van der Waals surface area (Å²) in [5, 5.41) is 0.812. The first-order valence-corrected chi connectivity index (χ1v) is 6.23. The third-order valence-electron chi connectivity index (χ3n) is 2.98. The molecule has 0 spiro atoms. The van der Waals surface area contributed by atoms with Gasteiger partial charge in [0.15, 0.2) is 0 Å². The van der Waals surface area contributed by atoms with Crippen molar-refractivity contribution in [2.24, 2.45) is 5.92 Å². The van der Waals surface area contributed by atoms with Gasteiger partial charge in [-0.05, 0) is 37.0 Å². The highest BCUT2D eigenvalue weighted by Gasteiger charge is 2.23. The summed E-state index contributed by atoms with van der Waals surface area (Å²) in [5.41, 5.74) is 0.148. The van der Waals surface area contributed by atoms with Crippen LogP contribution in [-0.2, 0) is 6.54 Å². The van der Waals surface area contributed by atoms with Gasteiger partial charge in [0, 0.05) is 6.54 Å². The number of hydrogen-bond donors (Lipinski definition) is 0. The second kappa shape index (κ2) is 3.63. The summed E-state index contributed by atoms with van der Waals surface area (Å²) in [6.07, 6.45) is 2.54. The molecular formula is C12H13NO2S. The van der Waals surface area contributed by atoms with Gasteiger partial charge in [-0.15, -0.1) is 0 Å². The number of nitrogens with zero attached hydrogens (tertiary/aromatic N) is 1. The molecule has 0 aliphatic heterocycles. The SMILES string of the molecule is COc1ccc2c(=O)n(CC3CC3)sc2c1. The topological polar surface area (TPSA) is 31.2 Å². The van der Waals surface area contributed by atoms with Crippen molar-refractivity contribution in [2.45, 2.75) is 19.4 Å². The van der Waals surface area contributed by atoms with Crippen molar-refractivity contribution in [1.82, 2.24) is 3.96 Å². The van der Waals surface area contributed by atoms with Crippen LogP contribution in [0.2, 0.25) is 0 Å². The minimum Gasteiger partial charge on any atom is -0.497 e. The zero-order valence-corrected chi connectivity index (χ0v) is 9.92. The molecule has 4 heteroatoms. The van der Waals surface area contributed by atoms with Crippen LogP contribution < -0.4 is 10.3 Å². The smallest absolute Gasteiger partial charge is 0.268 e. The van der Waals surface area contributed by atoms with Gasteiger partial charge in [0.1, 0.15) is 5.75 Å². The molecule has 0 saturated heterocycles. The van der Waals surface area contributed by atoms with Gasteiger partial charge in [0.25, 0.3) is 5.56 Å². The Morgan fingerprint density at radius 3 is 3.00 bits per heavy atom. The fourth-order valence-electron chi connectivity index (χ4n) is 1.83. The Kier molecular flexibility index (Phi) is 2.24. The van der Waals surface area contributed by atoms with E-state index in [-0.39, 0.29) is 5.56 Å². The molecule has 0 unspecified atom stereocenters. The van der Waals surface area contributed by atoms with Crippen molar-refractivity contribution in [3.8, 4) is 5.75 Å². The van der Waals surface area contributed by atoms with Crippen LogP contribution in [0.5, 0.6) is 5.75 Å². The standard InChI is InChI=1S/C12H13NO2S/c1-15-9-4-5-10-11(6-9)16-13(12(10)14)7-8-2-3-8/h4-6,8H,2-3,7H2,1H3. The maximum atomic E-state index is 12.0. The predicted octanol–water partition coefficient (Wildman–Crippen LogP) is 2.48. The van der Waals surface area contributed by atoms with E-state index in [1.165, 1.54) is 12.8 Å². The number of benzene rings is 1. The van der Waals surface area contributed by atoms with E-state index in [0.29, 0.717) is 0 Å². The van der Waals surface area contributed by atoms with Crippen molar-refractivity contribution in [2.75, 3.05) is 7.11 Å². The molecule has 3 nitrogen and oxygen atoms in total. The van der Waals surface area contributed by atoms with Crippen LogP contribution in [0.4, 0.5) is 0 Å². The highest BCUT2D eigenvalue weighted by Crippen LogP contribution is 2.32. The van der Waals surface area contributed by atoms with Gasteiger partial charge >= 0.3 is 0 Å². The van der Waals surface area contributed by atoms with Crippen molar-refractivity contribution < 1.29 is 4.74 Å². The monoisotopic (exact) mass is 235 g/mol. The van der Waals surface area contributed by atoms with Gasteiger partial charge in [-0.3, -0.25) is 8.75 Å². The summed E-state index contributed by atoms with van der Waals surface area (Å²) in [7, 11) is 1.64. The van der Waals surface area contributed by atoms with E-state index in [4.69, 9.17) is 4.74 Å². The van der Waals surface area contributed by atoms with Crippen molar-refractivity contribution in [3.05, 3.63) is 28.6 Å². The lowest BCUT2D eigenvalue weighted by molar-refractivity contribution is 0.415. The van der Waals surface area contributed by atoms with Crippen LogP contribution in [0.15, 0.2) is 23.0 Å². The summed E-state index contributed by atoms with van der Waals surface area (Å²) >= 11 is 1.55. The number of aromatic nitrogens is 1.